The van der Waals surface area contributed by atoms with E-state index in [1.165, 1.54) is 0 Å². The SMILES string of the molecule is Nc1ccc(F)c(C(=O)NCc2ccc(Br)cc2)c1F. The summed E-state index contributed by atoms with van der Waals surface area (Å²) in [6, 6.07) is 9.24. The van der Waals surface area contributed by atoms with E-state index in [2.05, 4.69) is 21.2 Å². The Bertz CT molecular complexity index is 644. The number of carbonyl (C=O) groups is 1. The minimum atomic E-state index is -1.04. The number of rotatable bonds is 3. The van der Waals surface area contributed by atoms with E-state index >= 15 is 0 Å². The lowest BCUT2D eigenvalue weighted by molar-refractivity contribution is 0.0942. The van der Waals surface area contributed by atoms with Gasteiger partial charge in [0.15, 0.2) is 5.82 Å². The molecule has 0 aliphatic carbocycles. The number of amides is 1. The molecule has 0 bridgehead atoms. The van der Waals surface area contributed by atoms with Crippen molar-refractivity contribution < 1.29 is 13.6 Å². The third-order valence-electron chi connectivity index (χ3n) is 2.71. The van der Waals surface area contributed by atoms with Gasteiger partial charge in [-0.3, -0.25) is 4.79 Å². The van der Waals surface area contributed by atoms with Gasteiger partial charge in [-0.15, -0.1) is 0 Å². The molecule has 20 heavy (non-hydrogen) atoms. The molecule has 2 aromatic carbocycles. The van der Waals surface area contributed by atoms with E-state index in [0.29, 0.717) is 0 Å². The number of anilines is 1. The average Bonchev–Trinajstić information content (AvgIpc) is 2.43. The lowest BCUT2D eigenvalue weighted by Crippen LogP contribution is -2.25. The number of hydrogen-bond acceptors (Lipinski definition) is 2. The van der Waals surface area contributed by atoms with Crippen LogP contribution in [0.4, 0.5) is 14.5 Å². The summed E-state index contributed by atoms with van der Waals surface area (Å²) >= 11 is 3.29. The molecule has 0 fully saturated rings. The highest BCUT2D eigenvalue weighted by molar-refractivity contribution is 9.10. The summed E-state index contributed by atoms with van der Waals surface area (Å²) in [5, 5.41) is 2.45. The van der Waals surface area contributed by atoms with Crippen molar-refractivity contribution in [3.63, 3.8) is 0 Å². The number of benzene rings is 2. The first-order chi connectivity index (χ1) is 9.49. The largest absolute Gasteiger partial charge is 0.396 e. The van der Waals surface area contributed by atoms with Gasteiger partial charge < -0.3 is 11.1 Å². The van der Waals surface area contributed by atoms with Crippen LogP contribution in [0.3, 0.4) is 0 Å². The molecule has 2 rings (SSSR count). The van der Waals surface area contributed by atoms with Crippen LogP contribution in [0.15, 0.2) is 40.9 Å². The van der Waals surface area contributed by atoms with E-state index in [4.69, 9.17) is 5.73 Å². The second kappa shape index (κ2) is 6.00. The highest BCUT2D eigenvalue weighted by Gasteiger charge is 2.19. The molecule has 104 valence electrons. The van der Waals surface area contributed by atoms with Gasteiger partial charge in [0, 0.05) is 11.0 Å². The Kier molecular flexibility index (Phi) is 4.34. The molecule has 3 N–H and O–H groups in total. The monoisotopic (exact) mass is 340 g/mol. The van der Waals surface area contributed by atoms with E-state index in [9.17, 15) is 13.6 Å². The maximum absolute atomic E-state index is 13.7. The molecule has 6 heteroatoms. The number of carbonyl (C=O) groups excluding carboxylic acids is 1. The molecule has 0 saturated heterocycles. The lowest BCUT2D eigenvalue weighted by atomic mass is 10.1. The Morgan fingerprint density at radius 3 is 2.45 bits per heavy atom. The molecule has 0 radical (unpaired) electrons. The topological polar surface area (TPSA) is 55.1 Å². The Morgan fingerprint density at radius 1 is 1.15 bits per heavy atom. The highest BCUT2D eigenvalue weighted by Crippen LogP contribution is 2.18. The first-order valence-electron chi connectivity index (χ1n) is 5.75. The van der Waals surface area contributed by atoms with Gasteiger partial charge in [-0.05, 0) is 29.8 Å². The van der Waals surface area contributed by atoms with Crippen LogP contribution in [0, 0.1) is 11.6 Å². The number of nitrogen functional groups attached to an aromatic ring is 1. The van der Waals surface area contributed by atoms with E-state index in [-0.39, 0.29) is 12.2 Å². The molecule has 3 nitrogen and oxygen atoms in total. The van der Waals surface area contributed by atoms with Crippen molar-refractivity contribution in [2.45, 2.75) is 6.54 Å². The average molecular weight is 341 g/mol. The summed E-state index contributed by atoms with van der Waals surface area (Å²) in [4.78, 5) is 11.8. The van der Waals surface area contributed by atoms with Crippen LogP contribution >= 0.6 is 15.9 Å². The van der Waals surface area contributed by atoms with Gasteiger partial charge >= 0.3 is 0 Å². The van der Waals surface area contributed by atoms with Crippen LogP contribution in [0.5, 0.6) is 0 Å². The number of halogens is 3. The zero-order chi connectivity index (χ0) is 14.7. The van der Waals surface area contributed by atoms with Gasteiger partial charge in [-0.25, -0.2) is 8.78 Å². The Labute approximate surface area is 122 Å². The zero-order valence-electron chi connectivity index (χ0n) is 10.3. The van der Waals surface area contributed by atoms with E-state index in [1.807, 2.05) is 12.1 Å². The molecule has 0 atom stereocenters. The minimum Gasteiger partial charge on any atom is -0.396 e. The van der Waals surface area contributed by atoms with Crippen molar-refractivity contribution in [1.82, 2.24) is 5.32 Å². The second-order valence-electron chi connectivity index (χ2n) is 4.13. The highest BCUT2D eigenvalue weighted by atomic mass is 79.9. The van der Waals surface area contributed by atoms with Crippen LogP contribution in [-0.2, 0) is 6.54 Å². The fourth-order valence-electron chi connectivity index (χ4n) is 1.65. The van der Waals surface area contributed by atoms with E-state index in [0.717, 1.165) is 22.2 Å². The molecule has 0 aliphatic heterocycles. The quantitative estimate of drug-likeness (QED) is 0.842. The van der Waals surface area contributed by atoms with Gasteiger partial charge in [0.2, 0.25) is 0 Å². The zero-order valence-corrected chi connectivity index (χ0v) is 11.9. The fourth-order valence-corrected chi connectivity index (χ4v) is 1.91. The Balaban J connectivity index is 2.13. The Hall–Kier alpha value is -1.95. The smallest absolute Gasteiger partial charge is 0.257 e. The summed E-state index contributed by atoms with van der Waals surface area (Å²) < 4.78 is 28.1. The number of nitrogens with one attached hydrogen (secondary N) is 1. The maximum Gasteiger partial charge on any atom is 0.257 e. The summed E-state index contributed by atoms with van der Waals surface area (Å²) in [5.41, 5.74) is 5.21. The molecule has 0 spiro atoms. The molecular weight excluding hydrogens is 330 g/mol. The third-order valence-corrected chi connectivity index (χ3v) is 3.24. The molecule has 0 aromatic heterocycles. The van der Waals surface area contributed by atoms with Gasteiger partial charge in [0.05, 0.1) is 5.69 Å². The lowest BCUT2D eigenvalue weighted by Gasteiger charge is -2.08. The van der Waals surface area contributed by atoms with E-state index < -0.39 is 23.1 Å². The third kappa shape index (κ3) is 3.14. The standard InChI is InChI=1S/C14H11BrF2N2O/c15-9-3-1-8(2-4-9)7-19-14(20)12-10(16)5-6-11(18)13(12)17/h1-6H,7,18H2,(H,19,20). The van der Waals surface area contributed by atoms with Crippen molar-refractivity contribution in [3.8, 4) is 0 Å². The van der Waals surface area contributed by atoms with Gasteiger partial charge in [0.1, 0.15) is 11.4 Å². The van der Waals surface area contributed by atoms with E-state index in [1.54, 1.807) is 12.1 Å². The van der Waals surface area contributed by atoms with Crippen molar-refractivity contribution >= 4 is 27.5 Å². The van der Waals surface area contributed by atoms with Crippen LogP contribution in [0.2, 0.25) is 0 Å². The summed E-state index contributed by atoms with van der Waals surface area (Å²) in [6.45, 7) is 0.166. The maximum atomic E-state index is 13.7. The van der Waals surface area contributed by atoms with Crippen molar-refractivity contribution in [1.29, 1.82) is 0 Å². The molecule has 0 heterocycles. The predicted molar refractivity (Wildman–Crippen MR) is 76.1 cm³/mol. The van der Waals surface area contributed by atoms with Crippen LogP contribution in [0.25, 0.3) is 0 Å². The number of nitrogens with two attached hydrogens (primary N) is 1. The van der Waals surface area contributed by atoms with Gasteiger partial charge in [0.25, 0.3) is 5.91 Å². The fraction of sp³-hybridized carbons (Fsp3) is 0.0714. The first kappa shape index (κ1) is 14.5. The molecule has 0 aliphatic rings. The summed E-state index contributed by atoms with van der Waals surface area (Å²) in [6.07, 6.45) is 0. The first-order valence-corrected chi connectivity index (χ1v) is 6.54. The molecule has 1 amide bonds. The van der Waals surface area contributed by atoms with Crippen LogP contribution < -0.4 is 11.1 Å². The Morgan fingerprint density at radius 2 is 1.80 bits per heavy atom. The molecule has 0 unspecified atom stereocenters. The normalized spacial score (nSPS) is 10.3. The predicted octanol–water partition coefficient (Wildman–Crippen LogP) is 3.24. The molecular formula is C14H11BrF2N2O. The summed E-state index contributed by atoms with van der Waals surface area (Å²) in [5.74, 6) is -2.82. The minimum absolute atomic E-state index is 0.166. The van der Waals surface area contributed by atoms with Crippen LogP contribution in [-0.4, -0.2) is 5.91 Å². The van der Waals surface area contributed by atoms with Crippen molar-refractivity contribution in [2.24, 2.45) is 0 Å². The van der Waals surface area contributed by atoms with Crippen LogP contribution in [0.1, 0.15) is 15.9 Å². The van der Waals surface area contributed by atoms with Gasteiger partial charge in [-0.1, -0.05) is 28.1 Å². The van der Waals surface area contributed by atoms with Crippen molar-refractivity contribution in [3.05, 3.63) is 63.6 Å². The van der Waals surface area contributed by atoms with Gasteiger partial charge in [-0.2, -0.15) is 0 Å². The summed E-state index contributed by atoms with van der Waals surface area (Å²) in [7, 11) is 0. The molecule has 2 aromatic rings. The van der Waals surface area contributed by atoms with Crippen molar-refractivity contribution in [2.75, 3.05) is 5.73 Å². The molecule has 0 saturated carbocycles. The second-order valence-corrected chi connectivity index (χ2v) is 5.05. The number of hydrogen-bond donors (Lipinski definition) is 2.